The number of ether oxygens (including phenoxy) is 1. The number of carbonyl (C=O) groups is 1. The molecule has 7 nitrogen and oxygen atoms in total. The highest BCUT2D eigenvalue weighted by Crippen LogP contribution is 2.22. The van der Waals surface area contributed by atoms with Crippen LogP contribution in [-0.4, -0.2) is 26.6 Å². The lowest BCUT2D eigenvalue weighted by Gasteiger charge is -2.10. The van der Waals surface area contributed by atoms with E-state index in [0.717, 1.165) is 23.2 Å². The Morgan fingerprint density at radius 3 is 2.54 bits per heavy atom. The van der Waals surface area contributed by atoms with E-state index in [1.54, 1.807) is 20.0 Å². The van der Waals surface area contributed by atoms with Gasteiger partial charge in [-0.1, -0.05) is 12.1 Å². The molecule has 0 saturated carbocycles. The van der Waals surface area contributed by atoms with Crippen molar-refractivity contribution in [2.75, 3.05) is 0 Å². The summed E-state index contributed by atoms with van der Waals surface area (Å²) in [5.41, 5.74) is 1.40. The Labute approximate surface area is 157 Å². The Kier molecular flexibility index (Phi) is 5.12. The molecule has 0 radical (unpaired) electrons. The van der Waals surface area contributed by atoms with E-state index in [4.69, 9.17) is 0 Å². The average Bonchev–Trinajstić information content (AvgIpc) is 2.90. The average molecular weight is 394 g/mol. The molecular weight excluding hydrogens is 377 g/mol. The molecule has 28 heavy (non-hydrogen) atoms. The first-order valence-electron chi connectivity index (χ1n) is 8.28. The van der Waals surface area contributed by atoms with Gasteiger partial charge in [-0.2, -0.15) is 5.10 Å². The van der Waals surface area contributed by atoms with Crippen molar-refractivity contribution in [3.8, 4) is 5.75 Å². The van der Waals surface area contributed by atoms with Crippen molar-refractivity contribution >= 4 is 16.8 Å². The minimum Gasteiger partial charge on any atom is -0.406 e. The van der Waals surface area contributed by atoms with Gasteiger partial charge < -0.3 is 14.6 Å². The number of hydrogen-bond donors (Lipinski definition) is 1. The number of aromatic nitrogens is 3. The maximum Gasteiger partial charge on any atom is 0.573 e. The first kappa shape index (κ1) is 19.5. The van der Waals surface area contributed by atoms with E-state index in [2.05, 4.69) is 15.2 Å². The van der Waals surface area contributed by atoms with Crippen LogP contribution in [0.2, 0.25) is 0 Å². The number of amides is 1. The number of fused-ring (bicyclic) bond motifs is 1. The van der Waals surface area contributed by atoms with Crippen molar-refractivity contribution in [1.82, 2.24) is 19.7 Å². The van der Waals surface area contributed by atoms with E-state index < -0.39 is 12.3 Å². The van der Waals surface area contributed by atoms with Crippen molar-refractivity contribution < 1.29 is 22.7 Å². The van der Waals surface area contributed by atoms with Crippen LogP contribution in [0.25, 0.3) is 10.9 Å². The number of pyridine rings is 1. The van der Waals surface area contributed by atoms with Gasteiger partial charge in [-0.25, -0.2) is 0 Å². The molecule has 0 spiro atoms. The van der Waals surface area contributed by atoms with Gasteiger partial charge in [0.2, 0.25) is 5.91 Å². The molecule has 0 saturated heterocycles. The zero-order chi connectivity index (χ0) is 20.5. The van der Waals surface area contributed by atoms with Gasteiger partial charge in [0.25, 0.3) is 5.56 Å². The van der Waals surface area contributed by atoms with Gasteiger partial charge in [-0.3, -0.25) is 14.3 Å². The minimum atomic E-state index is -4.75. The van der Waals surface area contributed by atoms with E-state index in [9.17, 15) is 22.8 Å². The fourth-order valence-electron chi connectivity index (χ4n) is 2.84. The van der Waals surface area contributed by atoms with Crippen molar-refractivity contribution in [2.45, 2.75) is 26.4 Å². The molecule has 0 unspecified atom stereocenters. The Hall–Kier alpha value is -3.30. The van der Waals surface area contributed by atoms with Crippen LogP contribution < -0.4 is 15.6 Å². The van der Waals surface area contributed by atoms with Gasteiger partial charge >= 0.3 is 6.36 Å². The molecule has 0 aliphatic carbocycles. The smallest absolute Gasteiger partial charge is 0.406 e. The van der Waals surface area contributed by atoms with Gasteiger partial charge in [0.1, 0.15) is 17.8 Å². The topological polar surface area (TPSA) is 78.2 Å². The molecule has 0 fully saturated rings. The molecule has 1 N–H and O–H groups in total. The van der Waals surface area contributed by atoms with Gasteiger partial charge in [-0.05, 0) is 30.7 Å². The Morgan fingerprint density at radius 2 is 1.89 bits per heavy atom. The molecule has 148 valence electrons. The molecule has 3 rings (SSSR count). The molecular formula is C18H17F3N4O3. The lowest BCUT2D eigenvalue weighted by Crippen LogP contribution is -2.32. The summed E-state index contributed by atoms with van der Waals surface area (Å²) in [4.78, 5) is 24.7. The van der Waals surface area contributed by atoms with Crippen LogP contribution in [0.3, 0.4) is 0 Å². The standard InChI is InChI=1S/C18H17F3N4O3/c1-11-14-7-8-25(17(27)16(14)24(2)23-11)10-15(26)22-9-12-3-5-13(6-4-12)28-18(19,20)21/h3-8H,9-10H2,1-2H3,(H,22,26). The third kappa shape index (κ3) is 4.33. The molecule has 2 aromatic heterocycles. The van der Waals surface area contributed by atoms with E-state index in [1.807, 2.05) is 0 Å². The number of nitrogens with one attached hydrogen (secondary N) is 1. The summed E-state index contributed by atoms with van der Waals surface area (Å²) in [5.74, 6) is -0.745. The predicted octanol–water partition coefficient (Wildman–Crippen LogP) is 2.26. The fourth-order valence-corrected chi connectivity index (χ4v) is 2.84. The van der Waals surface area contributed by atoms with Crippen LogP contribution in [0.4, 0.5) is 13.2 Å². The molecule has 10 heteroatoms. The number of nitrogens with zero attached hydrogens (tertiary/aromatic N) is 3. The summed E-state index contributed by atoms with van der Waals surface area (Å²) < 4.78 is 43.0. The summed E-state index contributed by atoms with van der Waals surface area (Å²) >= 11 is 0. The molecule has 0 aliphatic heterocycles. The lowest BCUT2D eigenvalue weighted by atomic mass is 10.2. The normalized spacial score (nSPS) is 11.6. The largest absolute Gasteiger partial charge is 0.573 e. The molecule has 0 aliphatic rings. The van der Waals surface area contributed by atoms with Gasteiger partial charge in [0.15, 0.2) is 0 Å². The number of rotatable bonds is 5. The second kappa shape index (κ2) is 7.37. The van der Waals surface area contributed by atoms with E-state index in [0.29, 0.717) is 11.1 Å². The molecule has 3 aromatic rings. The number of alkyl halides is 3. The number of benzene rings is 1. The Balaban J connectivity index is 1.63. The SMILES string of the molecule is Cc1nn(C)c2c(=O)n(CC(=O)NCc3ccc(OC(F)(F)F)cc3)ccc12. The number of aryl methyl sites for hydroxylation is 2. The van der Waals surface area contributed by atoms with Gasteiger partial charge in [0.05, 0.1) is 5.69 Å². The highest BCUT2D eigenvalue weighted by molar-refractivity contribution is 5.81. The van der Waals surface area contributed by atoms with Crippen molar-refractivity contribution in [3.05, 3.63) is 58.1 Å². The first-order valence-corrected chi connectivity index (χ1v) is 8.28. The van der Waals surface area contributed by atoms with E-state index in [1.165, 1.54) is 27.6 Å². The summed E-state index contributed by atoms with van der Waals surface area (Å²) in [7, 11) is 1.66. The van der Waals surface area contributed by atoms with Crippen LogP contribution in [0.1, 0.15) is 11.3 Å². The second-order valence-electron chi connectivity index (χ2n) is 6.19. The zero-order valence-electron chi connectivity index (χ0n) is 15.1. The summed E-state index contributed by atoms with van der Waals surface area (Å²) in [6, 6.07) is 6.89. The van der Waals surface area contributed by atoms with Gasteiger partial charge in [-0.15, -0.1) is 13.2 Å². The number of carbonyl (C=O) groups excluding carboxylic acids is 1. The van der Waals surface area contributed by atoms with Crippen LogP contribution >= 0.6 is 0 Å². The molecule has 1 aromatic carbocycles. The summed E-state index contributed by atoms with van der Waals surface area (Å²) in [6.07, 6.45) is -3.22. The van der Waals surface area contributed by atoms with Crippen molar-refractivity contribution in [3.63, 3.8) is 0 Å². The Bertz CT molecular complexity index is 1070. The highest BCUT2D eigenvalue weighted by atomic mass is 19.4. The zero-order valence-corrected chi connectivity index (χ0v) is 15.1. The predicted molar refractivity (Wildman–Crippen MR) is 94.7 cm³/mol. The third-order valence-corrected chi connectivity index (χ3v) is 4.11. The maximum absolute atomic E-state index is 12.5. The summed E-state index contributed by atoms with van der Waals surface area (Å²) in [5, 5.41) is 7.55. The quantitative estimate of drug-likeness (QED) is 0.720. The minimum absolute atomic E-state index is 0.104. The van der Waals surface area contributed by atoms with E-state index >= 15 is 0 Å². The third-order valence-electron chi connectivity index (χ3n) is 4.11. The monoisotopic (exact) mass is 394 g/mol. The van der Waals surface area contributed by atoms with Crippen LogP contribution in [-0.2, 0) is 24.9 Å². The van der Waals surface area contributed by atoms with Crippen LogP contribution in [0.15, 0.2) is 41.3 Å². The maximum atomic E-state index is 12.5. The lowest BCUT2D eigenvalue weighted by molar-refractivity contribution is -0.274. The van der Waals surface area contributed by atoms with Crippen molar-refractivity contribution in [2.24, 2.45) is 7.05 Å². The molecule has 2 heterocycles. The van der Waals surface area contributed by atoms with Crippen molar-refractivity contribution in [1.29, 1.82) is 0 Å². The molecule has 0 atom stereocenters. The molecule has 0 bridgehead atoms. The van der Waals surface area contributed by atoms with Crippen LogP contribution in [0, 0.1) is 6.92 Å². The number of halogens is 3. The Morgan fingerprint density at radius 1 is 1.21 bits per heavy atom. The molecule has 1 amide bonds. The van der Waals surface area contributed by atoms with Crippen LogP contribution in [0.5, 0.6) is 5.75 Å². The second-order valence-corrected chi connectivity index (χ2v) is 6.19. The fraction of sp³-hybridized carbons (Fsp3) is 0.278. The van der Waals surface area contributed by atoms with Gasteiger partial charge in [0, 0.05) is 25.2 Å². The van der Waals surface area contributed by atoms with E-state index in [-0.39, 0.29) is 24.4 Å². The highest BCUT2D eigenvalue weighted by Gasteiger charge is 2.30. The number of hydrogen-bond acceptors (Lipinski definition) is 4. The summed E-state index contributed by atoms with van der Waals surface area (Å²) in [6.45, 7) is 1.71. The first-order chi connectivity index (χ1) is 13.1.